The summed E-state index contributed by atoms with van der Waals surface area (Å²) in [5, 5.41) is 15.1. The molecule has 1 saturated heterocycles. The minimum atomic E-state index is -1.11. The Bertz CT molecular complexity index is 863. The van der Waals surface area contributed by atoms with Crippen LogP contribution in [0.15, 0.2) is 48.5 Å². The number of nitrogens with one attached hydrogen (secondary N) is 2. The van der Waals surface area contributed by atoms with Crippen LogP contribution in [-0.4, -0.2) is 35.0 Å². The van der Waals surface area contributed by atoms with Crippen molar-refractivity contribution in [3.8, 4) is 11.1 Å². The second-order valence-corrected chi connectivity index (χ2v) is 6.64. The van der Waals surface area contributed by atoms with E-state index in [-0.39, 0.29) is 12.3 Å². The third-order valence-corrected chi connectivity index (χ3v) is 5.09. The van der Waals surface area contributed by atoms with Crippen LogP contribution in [0.1, 0.15) is 29.9 Å². The van der Waals surface area contributed by atoms with E-state index in [2.05, 4.69) is 10.6 Å². The Hall–Kier alpha value is -3.15. The van der Waals surface area contributed by atoms with Crippen LogP contribution in [0.2, 0.25) is 0 Å². The first-order valence-electron chi connectivity index (χ1n) is 8.57. The summed E-state index contributed by atoms with van der Waals surface area (Å²) >= 11 is 0. The van der Waals surface area contributed by atoms with E-state index in [4.69, 9.17) is 0 Å². The van der Waals surface area contributed by atoms with Gasteiger partial charge in [-0.25, -0.2) is 4.79 Å². The topological polar surface area (TPSA) is 95.5 Å². The molecule has 0 spiro atoms. The van der Waals surface area contributed by atoms with Gasteiger partial charge in [-0.3, -0.25) is 9.59 Å². The van der Waals surface area contributed by atoms with Crippen molar-refractivity contribution in [2.24, 2.45) is 0 Å². The molecule has 1 fully saturated rings. The molecule has 4 rings (SSSR count). The van der Waals surface area contributed by atoms with E-state index in [9.17, 15) is 19.5 Å². The van der Waals surface area contributed by atoms with Crippen molar-refractivity contribution >= 4 is 17.8 Å². The van der Waals surface area contributed by atoms with Gasteiger partial charge in [0, 0.05) is 12.3 Å². The second-order valence-electron chi connectivity index (χ2n) is 6.64. The van der Waals surface area contributed by atoms with Gasteiger partial charge in [-0.2, -0.15) is 0 Å². The molecule has 2 amide bonds. The molecule has 132 valence electrons. The Morgan fingerprint density at radius 1 is 1.04 bits per heavy atom. The van der Waals surface area contributed by atoms with E-state index in [1.165, 1.54) is 0 Å². The van der Waals surface area contributed by atoms with Crippen molar-refractivity contribution in [2.45, 2.75) is 30.8 Å². The summed E-state index contributed by atoms with van der Waals surface area (Å²) in [5.74, 6) is -2.21. The third-order valence-electron chi connectivity index (χ3n) is 5.09. The zero-order valence-electron chi connectivity index (χ0n) is 13.9. The fourth-order valence-corrected chi connectivity index (χ4v) is 3.91. The molecule has 26 heavy (non-hydrogen) atoms. The van der Waals surface area contributed by atoms with Crippen LogP contribution in [-0.2, 0) is 14.4 Å². The van der Waals surface area contributed by atoms with Gasteiger partial charge in [0.15, 0.2) is 0 Å². The number of rotatable bonds is 4. The number of hydrogen-bond donors (Lipinski definition) is 3. The highest BCUT2D eigenvalue weighted by Crippen LogP contribution is 2.46. The lowest BCUT2D eigenvalue weighted by molar-refractivity contribution is -0.142. The third kappa shape index (κ3) is 2.63. The van der Waals surface area contributed by atoms with Gasteiger partial charge in [-0.1, -0.05) is 48.5 Å². The van der Waals surface area contributed by atoms with Gasteiger partial charge in [0.25, 0.3) is 0 Å². The van der Waals surface area contributed by atoms with Crippen LogP contribution < -0.4 is 10.6 Å². The number of aliphatic carboxylic acids is 1. The maximum absolute atomic E-state index is 12.5. The van der Waals surface area contributed by atoms with E-state index in [1.54, 1.807) is 0 Å². The van der Waals surface area contributed by atoms with Crippen LogP contribution in [0.25, 0.3) is 11.1 Å². The lowest BCUT2D eigenvalue weighted by Crippen LogP contribution is -2.51. The van der Waals surface area contributed by atoms with E-state index in [1.807, 2.05) is 48.5 Å². The fraction of sp³-hybridized carbons (Fsp3) is 0.250. The number of carboxylic acid groups (broad SMARTS) is 1. The Balaban J connectivity index is 1.70. The smallest absolute Gasteiger partial charge is 0.327 e. The summed E-state index contributed by atoms with van der Waals surface area (Å²) in [4.78, 5) is 35.9. The molecule has 1 heterocycles. The molecule has 6 heteroatoms. The van der Waals surface area contributed by atoms with Crippen molar-refractivity contribution in [3.63, 3.8) is 0 Å². The van der Waals surface area contributed by atoms with Gasteiger partial charge < -0.3 is 15.7 Å². The molecule has 0 saturated carbocycles. The zero-order chi connectivity index (χ0) is 18.3. The normalized spacial score (nSPS) is 19.4. The molecule has 1 aliphatic carbocycles. The van der Waals surface area contributed by atoms with Gasteiger partial charge >= 0.3 is 5.97 Å². The summed E-state index contributed by atoms with van der Waals surface area (Å²) < 4.78 is 0. The molecule has 6 nitrogen and oxygen atoms in total. The summed E-state index contributed by atoms with van der Waals surface area (Å²) in [6.45, 7) is 0. The number of fused-ring (bicyclic) bond motifs is 3. The molecule has 2 aromatic rings. The van der Waals surface area contributed by atoms with Crippen molar-refractivity contribution in [1.29, 1.82) is 0 Å². The first-order chi connectivity index (χ1) is 12.6. The number of amides is 2. The molecule has 2 atom stereocenters. The van der Waals surface area contributed by atoms with Crippen molar-refractivity contribution < 1.29 is 19.5 Å². The van der Waals surface area contributed by atoms with Gasteiger partial charge in [-0.15, -0.1) is 0 Å². The number of carbonyl (C=O) groups is 3. The zero-order valence-corrected chi connectivity index (χ0v) is 13.9. The van der Waals surface area contributed by atoms with Crippen LogP contribution in [0.4, 0.5) is 0 Å². The molecule has 1 aliphatic heterocycles. The van der Waals surface area contributed by atoms with E-state index >= 15 is 0 Å². The molecule has 2 aromatic carbocycles. The quantitative estimate of drug-likeness (QED) is 0.781. The average molecular weight is 350 g/mol. The summed E-state index contributed by atoms with van der Waals surface area (Å²) in [5.41, 5.74) is 3.75. The molecule has 3 N–H and O–H groups in total. The predicted octanol–water partition coefficient (Wildman–Crippen LogP) is 1.65. The predicted molar refractivity (Wildman–Crippen MR) is 94.5 cm³/mol. The van der Waals surface area contributed by atoms with Gasteiger partial charge in [-0.05, 0) is 28.7 Å². The highest BCUT2D eigenvalue weighted by molar-refractivity contribution is 5.94. The van der Waals surface area contributed by atoms with Crippen LogP contribution in [0.3, 0.4) is 0 Å². The molecule has 0 unspecified atom stereocenters. The highest BCUT2D eigenvalue weighted by Gasteiger charge is 2.40. The Morgan fingerprint density at radius 2 is 1.62 bits per heavy atom. The lowest BCUT2D eigenvalue weighted by Gasteiger charge is -2.24. The minimum Gasteiger partial charge on any atom is -0.480 e. The first kappa shape index (κ1) is 16.3. The van der Waals surface area contributed by atoms with Crippen molar-refractivity contribution in [2.75, 3.05) is 0 Å². The van der Waals surface area contributed by atoms with E-state index in [0.717, 1.165) is 22.3 Å². The monoisotopic (exact) mass is 350 g/mol. The Morgan fingerprint density at radius 3 is 2.12 bits per heavy atom. The number of hydrogen-bond acceptors (Lipinski definition) is 3. The molecular weight excluding hydrogens is 332 g/mol. The molecule has 0 radical (unpaired) electrons. The Labute approximate surface area is 150 Å². The van der Waals surface area contributed by atoms with Crippen molar-refractivity contribution in [3.05, 3.63) is 59.7 Å². The maximum atomic E-state index is 12.5. The highest BCUT2D eigenvalue weighted by atomic mass is 16.4. The summed E-state index contributed by atoms with van der Waals surface area (Å²) in [6.07, 6.45) is 0.666. The minimum absolute atomic E-state index is 0.186. The largest absolute Gasteiger partial charge is 0.480 e. The molecule has 0 bridgehead atoms. The maximum Gasteiger partial charge on any atom is 0.327 e. The lowest BCUT2D eigenvalue weighted by atomic mass is 9.89. The SMILES string of the molecule is O=C1CC[C@@H](C(=O)N[C@H](C(=O)O)C2c3ccccc3-c3ccccc32)N1. The van der Waals surface area contributed by atoms with Gasteiger partial charge in [0.2, 0.25) is 11.8 Å². The number of benzene rings is 2. The fourth-order valence-electron chi connectivity index (χ4n) is 3.91. The summed E-state index contributed by atoms with van der Waals surface area (Å²) in [6, 6.07) is 13.5. The standard InChI is InChI=1S/C20H18N2O4/c23-16-10-9-15(21-16)19(24)22-18(20(25)26)17-13-7-3-1-5-11(13)12-6-2-4-8-14(12)17/h1-8,15,17-18H,9-10H2,(H,21,23)(H,22,24)(H,25,26)/t15-,18-/m0/s1. The summed E-state index contributed by atoms with van der Waals surface area (Å²) in [7, 11) is 0. The molecule has 0 aromatic heterocycles. The number of carboxylic acids is 1. The van der Waals surface area contributed by atoms with E-state index < -0.39 is 29.9 Å². The number of carbonyl (C=O) groups excluding carboxylic acids is 2. The second kappa shape index (κ2) is 6.29. The van der Waals surface area contributed by atoms with Crippen LogP contribution >= 0.6 is 0 Å². The first-order valence-corrected chi connectivity index (χ1v) is 8.57. The van der Waals surface area contributed by atoms with Crippen LogP contribution in [0.5, 0.6) is 0 Å². The van der Waals surface area contributed by atoms with Crippen LogP contribution in [0, 0.1) is 0 Å². The van der Waals surface area contributed by atoms with E-state index in [0.29, 0.717) is 6.42 Å². The average Bonchev–Trinajstić information content (AvgIpc) is 3.21. The van der Waals surface area contributed by atoms with Gasteiger partial charge in [0.05, 0.1) is 0 Å². The molecule has 2 aliphatic rings. The van der Waals surface area contributed by atoms with Crippen molar-refractivity contribution in [1.82, 2.24) is 10.6 Å². The molecular formula is C20H18N2O4. The van der Waals surface area contributed by atoms with Gasteiger partial charge in [0.1, 0.15) is 12.1 Å². The Kier molecular flexibility index (Phi) is 3.95.